The highest BCUT2D eigenvalue weighted by Gasteiger charge is 2.28. The van der Waals surface area contributed by atoms with Crippen molar-refractivity contribution in [3.63, 3.8) is 0 Å². The fraction of sp³-hybridized carbons (Fsp3) is 0.385. The monoisotopic (exact) mass is 636 g/mol. The summed E-state index contributed by atoms with van der Waals surface area (Å²) in [5.41, 5.74) is 4.68. The van der Waals surface area contributed by atoms with Gasteiger partial charge >= 0.3 is 0 Å². The Kier molecular flexibility index (Phi) is 8.99. The lowest BCUT2D eigenvalue weighted by molar-refractivity contribution is 0.262. The standard InChI is InChI=1S/C39H40O8/c1-5-26(13-30(9-1)40-18-34-22-44-34)38(27-6-2-10-31(14-27)41-19-35-23-45-35)17-39(28-7-3-11-32(15-28)42-20-36-24-46-36)29-8-4-12-33(16-29)43-21-37-25-47-37/h1-16,34-39H,17-25H2. The van der Waals surface area contributed by atoms with Gasteiger partial charge in [-0.3, -0.25) is 0 Å². The smallest absolute Gasteiger partial charge is 0.119 e. The molecular weight excluding hydrogens is 596 g/mol. The first-order valence-electron chi connectivity index (χ1n) is 16.6. The van der Waals surface area contributed by atoms with Crippen molar-refractivity contribution >= 4 is 0 Å². The van der Waals surface area contributed by atoms with E-state index in [-0.39, 0.29) is 36.3 Å². The third-order valence-electron chi connectivity index (χ3n) is 8.87. The van der Waals surface area contributed by atoms with Crippen molar-refractivity contribution in [2.75, 3.05) is 52.9 Å². The van der Waals surface area contributed by atoms with Gasteiger partial charge in [-0.1, -0.05) is 48.5 Å². The molecule has 4 fully saturated rings. The maximum Gasteiger partial charge on any atom is 0.119 e. The Morgan fingerprint density at radius 3 is 0.915 bits per heavy atom. The van der Waals surface area contributed by atoms with Crippen LogP contribution in [-0.4, -0.2) is 77.3 Å². The van der Waals surface area contributed by atoms with E-state index in [1.54, 1.807) is 0 Å². The lowest BCUT2D eigenvalue weighted by atomic mass is 9.78. The van der Waals surface area contributed by atoms with Crippen molar-refractivity contribution in [3.8, 4) is 23.0 Å². The van der Waals surface area contributed by atoms with Crippen LogP contribution in [0.2, 0.25) is 0 Å². The van der Waals surface area contributed by atoms with E-state index in [4.69, 9.17) is 37.9 Å². The van der Waals surface area contributed by atoms with E-state index in [9.17, 15) is 0 Å². The van der Waals surface area contributed by atoms with Crippen molar-refractivity contribution in [1.82, 2.24) is 0 Å². The number of epoxide rings is 4. The molecule has 4 aliphatic heterocycles. The second kappa shape index (κ2) is 14.0. The van der Waals surface area contributed by atoms with Gasteiger partial charge in [0.2, 0.25) is 0 Å². The molecule has 0 aliphatic carbocycles. The molecule has 4 saturated heterocycles. The first-order valence-corrected chi connectivity index (χ1v) is 16.6. The van der Waals surface area contributed by atoms with E-state index in [0.717, 1.165) is 55.8 Å². The summed E-state index contributed by atoms with van der Waals surface area (Å²) < 4.78 is 46.1. The van der Waals surface area contributed by atoms with Crippen LogP contribution in [0.1, 0.15) is 40.5 Å². The molecule has 47 heavy (non-hydrogen) atoms. The van der Waals surface area contributed by atoms with Crippen LogP contribution in [-0.2, 0) is 18.9 Å². The summed E-state index contributed by atoms with van der Waals surface area (Å²) >= 11 is 0. The Balaban J connectivity index is 1.14. The first-order chi connectivity index (χ1) is 23.2. The van der Waals surface area contributed by atoms with Crippen LogP contribution in [0.15, 0.2) is 97.1 Å². The van der Waals surface area contributed by atoms with Crippen LogP contribution < -0.4 is 18.9 Å². The van der Waals surface area contributed by atoms with E-state index < -0.39 is 0 Å². The highest BCUT2D eigenvalue weighted by atomic mass is 16.6. The van der Waals surface area contributed by atoms with E-state index >= 15 is 0 Å². The van der Waals surface area contributed by atoms with Crippen molar-refractivity contribution in [2.45, 2.75) is 42.7 Å². The third kappa shape index (κ3) is 8.64. The molecule has 0 saturated carbocycles. The van der Waals surface area contributed by atoms with Crippen molar-refractivity contribution in [1.29, 1.82) is 0 Å². The van der Waals surface area contributed by atoms with Crippen LogP contribution in [0, 0.1) is 0 Å². The minimum atomic E-state index is 0.0235. The molecule has 0 spiro atoms. The average Bonchev–Trinajstić information content (AvgIpc) is 3.93. The molecule has 8 nitrogen and oxygen atoms in total. The van der Waals surface area contributed by atoms with Crippen LogP contribution in [0.3, 0.4) is 0 Å². The fourth-order valence-electron chi connectivity index (χ4n) is 5.86. The minimum absolute atomic E-state index is 0.0235. The maximum absolute atomic E-state index is 6.14. The molecule has 0 bridgehead atoms. The summed E-state index contributed by atoms with van der Waals surface area (Å²) in [5, 5.41) is 0. The molecule has 0 amide bonds. The summed E-state index contributed by atoms with van der Waals surface area (Å²) in [6.07, 6.45) is 1.53. The van der Waals surface area contributed by atoms with E-state index in [1.165, 1.54) is 22.3 Å². The number of rotatable bonds is 18. The summed E-state index contributed by atoms with van der Waals surface area (Å²) in [6.45, 7) is 5.26. The zero-order valence-electron chi connectivity index (χ0n) is 26.3. The molecule has 4 heterocycles. The molecule has 4 aromatic rings. The molecule has 0 N–H and O–H groups in total. The van der Waals surface area contributed by atoms with Gasteiger partial charge in [-0.15, -0.1) is 0 Å². The topological polar surface area (TPSA) is 87.0 Å². The molecule has 8 rings (SSSR count). The quantitative estimate of drug-likeness (QED) is 0.120. The second-order valence-corrected chi connectivity index (χ2v) is 12.7. The molecule has 4 atom stereocenters. The van der Waals surface area contributed by atoms with Gasteiger partial charge in [-0.05, 0) is 77.2 Å². The Morgan fingerprint density at radius 2 is 0.681 bits per heavy atom. The predicted molar refractivity (Wildman–Crippen MR) is 175 cm³/mol. The van der Waals surface area contributed by atoms with Crippen LogP contribution in [0.4, 0.5) is 0 Å². The lowest BCUT2D eigenvalue weighted by Crippen LogP contribution is -2.12. The number of benzene rings is 4. The number of ether oxygens (including phenoxy) is 8. The Bertz CT molecular complexity index is 1400. The fourth-order valence-corrected chi connectivity index (χ4v) is 5.86. The SMILES string of the molecule is c1cc(OCC2CO2)cc(C(CC(c2cccc(OCC3CO3)c2)c2cccc(OCC3CO3)c2)c2cccc(OCC3CO3)c2)c1. The largest absolute Gasteiger partial charge is 0.491 e. The molecule has 244 valence electrons. The molecule has 8 heteroatoms. The van der Waals surface area contributed by atoms with Gasteiger partial charge in [0.25, 0.3) is 0 Å². The van der Waals surface area contributed by atoms with Gasteiger partial charge in [0.05, 0.1) is 26.4 Å². The second-order valence-electron chi connectivity index (χ2n) is 12.7. The van der Waals surface area contributed by atoms with Gasteiger partial charge in [-0.2, -0.15) is 0 Å². The number of hydrogen-bond acceptors (Lipinski definition) is 8. The zero-order valence-corrected chi connectivity index (χ0v) is 26.3. The minimum Gasteiger partial charge on any atom is -0.491 e. The highest BCUT2D eigenvalue weighted by Crippen LogP contribution is 2.42. The Hall–Kier alpha value is -4.08. The third-order valence-corrected chi connectivity index (χ3v) is 8.87. The van der Waals surface area contributed by atoms with E-state index in [0.29, 0.717) is 26.4 Å². The van der Waals surface area contributed by atoms with Gasteiger partial charge in [0.15, 0.2) is 0 Å². The molecule has 4 unspecified atom stereocenters. The van der Waals surface area contributed by atoms with Crippen molar-refractivity contribution < 1.29 is 37.9 Å². The molecule has 4 aliphatic rings. The Morgan fingerprint density at radius 1 is 0.426 bits per heavy atom. The van der Waals surface area contributed by atoms with Gasteiger partial charge < -0.3 is 37.9 Å². The molecule has 0 aromatic heterocycles. The summed E-state index contributed by atoms with van der Waals surface area (Å²) in [5.74, 6) is 3.41. The van der Waals surface area contributed by atoms with E-state index in [1.807, 2.05) is 24.3 Å². The van der Waals surface area contributed by atoms with Gasteiger partial charge in [0.1, 0.15) is 73.8 Å². The normalized spacial score (nSPS) is 23.3. The van der Waals surface area contributed by atoms with Crippen molar-refractivity contribution in [3.05, 3.63) is 119 Å². The highest BCUT2D eigenvalue weighted by molar-refractivity contribution is 5.45. The first kappa shape index (κ1) is 30.3. The van der Waals surface area contributed by atoms with Crippen LogP contribution in [0.5, 0.6) is 23.0 Å². The zero-order chi connectivity index (χ0) is 31.4. The van der Waals surface area contributed by atoms with Gasteiger partial charge in [-0.25, -0.2) is 0 Å². The molecule has 0 radical (unpaired) electrons. The average molecular weight is 637 g/mol. The van der Waals surface area contributed by atoms with Crippen LogP contribution in [0.25, 0.3) is 0 Å². The molecule has 4 aromatic carbocycles. The summed E-state index contributed by atoms with van der Waals surface area (Å²) in [7, 11) is 0. The van der Waals surface area contributed by atoms with Crippen molar-refractivity contribution in [2.24, 2.45) is 0 Å². The Labute approximate surface area is 275 Å². The summed E-state index contributed by atoms with van der Waals surface area (Å²) in [4.78, 5) is 0. The molecular formula is C39H40O8. The number of hydrogen-bond donors (Lipinski definition) is 0. The van der Waals surface area contributed by atoms with Crippen LogP contribution >= 0.6 is 0 Å². The lowest BCUT2D eigenvalue weighted by Gasteiger charge is -2.27. The van der Waals surface area contributed by atoms with E-state index in [2.05, 4.69) is 72.8 Å². The maximum atomic E-state index is 6.14. The van der Waals surface area contributed by atoms with Gasteiger partial charge in [0, 0.05) is 11.8 Å². The summed E-state index contributed by atoms with van der Waals surface area (Å²) in [6, 6.07) is 33.8. The predicted octanol–water partition coefficient (Wildman–Crippen LogP) is 6.15.